The molecule has 0 fully saturated rings. The first kappa shape index (κ1) is 17.7. The molecular formula is C18H13F3N6O. The lowest BCUT2D eigenvalue weighted by Gasteiger charge is -2.08. The SMILES string of the molecule is Cn1cc(-c2ccc(Oc3nccc(C(F)F)n3)c(F)c2)c2c(N)ncnc21. The first-order valence-electron chi connectivity index (χ1n) is 8.08. The summed E-state index contributed by atoms with van der Waals surface area (Å²) >= 11 is 0. The first-order valence-corrected chi connectivity index (χ1v) is 8.08. The number of fused-ring (bicyclic) bond motifs is 1. The van der Waals surface area contributed by atoms with E-state index in [1.807, 2.05) is 0 Å². The average molecular weight is 386 g/mol. The van der Waals surface area contributed by atoms with E-state index in [9.17, 15) is 13.2 Å². The van der Waals surface area contributed by atoms with Crippen LogP contribution in [0, 0.1) is 5.82 Å². The van der Waals surface area contributed by atoms with Crippen molar-refractivity contribution < 1.29 is 17.9 Å². The molecule has 0 bridgehead atoms. The molecule has 0 aliphatic heterocycles. The number of benzene rings is 1. The fraction of sp³-hybridized carbons (Fsp3) is 0.111. The Kier molecular flexibility index (Phi) is 4.30. The topological polar surface area (TPSA) is 91.7 Å². The highest BCUT2D eigenvalue weighted by atomic mass is 19.3. The van der Waals surface area contributed by atoms with Crippen LogP contribution >= 0.6 is 0 Å². The number of hydrogen-bond donors (Lipinski definition) is 1. The van der Waals surface area contributed by atoms with Gasteiger partial charge in [-0.25, -0.2) is 28.1 Å². The maximum Gasteiger partial charge on any atom is 0.322 e. The minimum atomic E-state index is -2.78. The fourth-order valence-corrected chi connectivity index (χ4v) is 2.83. The zero-order valence-corrected chi connectivity index (χ0v) is 14.5. The number of aromatic nitrogens is 5. The van der Waals surface area contributed by atoms with Gasteiger partial charge in [0.05, 0.1) is 5.39 Å². The van der Waals surface area contributed by atoms with Crippen molar-refractivity contribution in [3.8, 4) is 22.9 Å². The van der Waals surface area contributed by atoms with Gasteiger partial charge in [-0.1, -0.05) is 6.07 Å². The largest absolute Gasteiger partial charge is 0.421 e. The van der Waals surface area contributed by atoms with E-state index >= 15 is 0 Å². The molecule has 0 unspecified atom stereocenters. The van der Waals surface area contributed by atoms with Gasteiger partial charge >= 0.3 is 6.01 Å². The second kappa shape index (κ2) is 6.80. The second-order valence-electron chi connectivity index (χ2n) is 5.92. The molecule has 0 radical (unpaired) electrons. The minimum Gasteiger partial charge on any atom is -0.421 e. The molecule has 0 spiro atoms. The van der Waals surface area contributed by atoms with Gasteiger partial charge in [-0.2, -0.15) is 4.98 Å². The van der Waals surface area contributed by atoms with Crippen LogP contribution in [-0.2, 0) is 7.05 Å². The van der Waals surface area contributed by atoms with Crippen molar-refractivity contribution in [2.75, 3.05) is 5.73 Å². The molecule has 142 valence electrons. The van der Waals surface area contributed by atoms with Crippen LogP contribution in [0.3, 0.4) is 0 Å². The summed E-state index contributed by atoms with van der Waals surface area (Å²) in [6.07, 6.45) is 1.46. The van der Waals surface area contributed by atoms with E-state index < -0.39 is 17.9 Å². The van der Waals surface area contributed by atoms with Gasteiger partial charge in [0, 0.05) is 25.0 Å². The first-order chi connectivity index (χ1) is 13.4. The van der Waals surface area contributed by atoms with Gasteiger partial charge < -0.3 is 15.0 Å². The van der Waals surface area contributed by atoms with Crippen molar-refractivity contribution in [3.05, 3.63) is 54.5 Å². The highest BCUT2D eigenvalue weighted by molar-refractivity contribution is 6.00. The third-order valence-corrected chi connectivity index (χ3v) is 4.11. The van der Waals surface area contributed by atoms with Crippen molar-refractivity contribution in [1.82, 2.24) is 24.5 Å². The van der Waals surface area contributed by atoms with E-state index in [-0.39, 0.29) is 17.6 Å². The van der Waals surface area contributed by atoms with Gasteiger partial charge in [0.25, 0.3) is 6.43 Å². The molecule has 0 amide bonds. The number of anilines is 1. The normalized spacial score (nSPS) is 11.3. The van der Waals surface area contributed by atoms with Crippen molar-refractivity contribution in [3.63, 3.8) is 0 Å². The molecule has 2 N–H and O–H groups in total. The monoisotopic (exact) mass is 386 g/mol. The number of alkyl halides is 2. The Bertz CT molecular complexity index is 1180. The number of rotatable bonds is 4. The summed E-state index contributed by atoms with van der Waals surface area (Å²) in [5.41, 5.74) is 7.24. The maximum absolute atomic E-state index is 14.6. The summed E-state index contributed by atoms with van der Waals surface area (Å²) in [5, 5.41) is 0.603. The molecule has 4 rings (SSSR count). The van der Waals surface area contributed by atoms with Crippen molar-refractivity contribution in [1.29, 1.82) is 0 Å². The summed E-state index contributed by atoms with van der Waals surface area (Å²) in [4.78, 5) is 15.4. The number of ether oxygens (including phenoxy) is 1. The smallest absolute Gasteiger partial charge is 0.322 e. The van der Waals surface area contributed by atoms with Gasteiger partial charge in [-0.05, 0) is 23.8 Å². The second-order valence-corrected chi connectivity index (χ2v) is 5.92. The van der Waals surface area contributed by atoms with Crippen LogP contribution in [0.1, 0.15) is 12.1 Å². The lowest BCUT2D eigenvalue weighted by Crippen LogP contribution is -1.98. The number of nitrogens with zero attached hydrogens (tertiary/aromatic N) is 5. The molecule has 0 saturated heterocycles. The predicted octanol–water partition coefficient (Wildman–Crippen LogP) is 3.88. The number of nitrogens with two attached hydrogens (primary N) is 1. The maximum atomic E-state index is 14.6. The van der Waals surface area contributed by atoms with E-state index in [2.05, 4.69) is 19.9 Å². The highest BCUT2D eigenvalue weighted by Gasteiger charge is 2.16. The van der Waals surface area contributed by atoms with Crippen molar-refractivity contribution >= 4 is 16.9 Å². The Morgan fingerprint density at radius 2 is 1.96 bits per heavy atom. The molecule has 3 heterocycles. The van der Waals surface area contributed by atoms with E-state index in [0.29, 0.717) is 22.2 Å². The zero-order valence-electron chi connectivity index (χ0n) is 14.5. The fourth-order valence-electron chi connectivity index (χ4n) is 2.83. The Morgan fingerprint density at radius 1 is 1.14 bits per heavy atom. The Labute approximate surface area is 156 Å². The average Bonchev–Trinajstić information content (AvgIpc) is 3.02. The summed E-state index contributed by atoms with van der Waals surface area (Å²) in [7, 11) is 1.79. The van der Waals surface area contributed by atoms with Crippen LogP contribution < -0.4 is 10.5 Å². The molecule has 1 aromatic carbocycles. The van der Waals surface area contributed by atoms with Gasteiger partial charge in [0.15, 0.2) is 11.6 Å². The van der Waals surface area contributed by atoms with Crippen LogP contribution in [0.5, 0.6) is 11.8 Å². The van der Waals surface area contributed by atoms with E-state index in [0.717, 1.165) is 12.3 Å². The van der Waals surface area contributed by atoms with Crippen LogP contribution in [0.25, 0.3) is 22.2 Å². The highest BCUT2D eigenvalue weighted by Crippen LogP contribution is 2.34. The van der Waals surface area contributed by atoms with Gasteiger partial charge in [0.1, 0.15) is 23.5 Å². The molecule has 10 heteroatoms. The predicted molar refractivity (Wildman–Crippen MR) is 95.4 cm³/mol. The number of hydrogen-bond acceptors (Lipinski definition) is 6. The summed E-state index contributed by atoms with van der Waals surface area (Å²) in [5.74, 6) is -0.630. The summed E-state index contributed by atoms with van der Waals surface area (Å²) < 4.78 is 47.0. The lowest BCUT2D eigenvalue weighted by atomic mass is 10.1. The van der Waals surface area contributed by atoms with Gasteiger partial charge in [-0.3, -0.25) is 0 Å². The van der Waals surface area contributed by atoms with Crippen molar-refractivity contribution in [2.24, 2.45) is 7.05 Å². The van der Waals surface area contributed by atoms with Crippen LogP contribution in [0.2, 0.25) is 0 Å². The third kappa shape index (κ3) is 3.08. The van der Waals surface area contributed by atoms with E-state index in [4.69, 9.17) is 10.5 Å². The Hall–Kier alpha value is -3.69. The Morgan fingerprint density at radius 3 is 2.71 bits per heavy atom. The molecule has 0 aliphatic rings. The molecule has 0 saturated carbocycles. The molecule has 7 nitrogen and oxygen atoms in total. The molecule has 0 atom stereocenters. The quantitative estimate of drug-likeness (QED) is 0.572. The molecule has 4 aromatic rings. The van der Waals surface area contributed by atoms with Gasteiger partial charge in [0.2, 0.25) is 0 Å². The summed E-state index contributed by atoms with van der Waals surface area (Å²) in [6.45, 7) is 0. The van der Waals surface area contributed by atoms with Crippen LogP contribution in [0.15, 0.2) is 43.0 Å². The Balaban J connectivity index is 1.71. The molecule has 0 aliphatic carbocycles. The van der Waals surface area contributed by atoms with E-state index in [1.165, 1.54) is 18.5 Å². The molecule has 28 heavy (non-hydrogen) atoms. The lowest BCUT2D eigenvalue weighted by molar-refractivity contribution is 0.145. The van der Waals surface area contributed by atoms with Crippen molar-refractivity contribution in [2.45, 2.75) is 6.43 Å². The molecular weight excluding hydrogens is 373 g/mol. The summed E-state index contributed by atoms with van der Waals surface area (Å²) in [6, 6.07) is 4.91. The third-order valence-electron chi connectivity index (χ3n) is 4.11. The minimum absolute atomic E-state index is 0.195. The number of aryl methyl sites for hydroxylation is 1. The standard InChI is InChI=1S/C18H13F3N6O/c1-27-7-10(14-16(22)24-8-25-17(14)27)9-2-3-13(11(19)6-9)28-18-23-5-4-12(26-18)15(20)21/h2-8,15H,1H3,(H2,22,24,25). The number of nitrogen functional groups attached to an aromatic ring is 1. The molecule has 3 aromatic heterocycles. The zero-order chi connectivity index (χ0) is 19.8. The number of halogens is 3. The van der Waals surface area contributed by atoms with Crippen LogP contribution in [-0.4, -0.2) is 24.5 Å². The van der Waals surface area contributed by atoms with Crippen LogP contribution in [0.4, 0.5) is 19.0 Å². The van der Waals surface area contributed by atoms with E-state index in [1.54, 1.807) is 23.9 Å². The van der Waals surface area contributed by atoms with Gasteiger partial charge in [-0.15, -0.1) is 0 Å².